The average molecular weight is 251 g/mol. The van der Waals surface area contributed by atoms with Crippen LogP contribution in [-0.4, -0.2) is 17.1 Å². The van der Waals surface area contributed by atoms with Crippen molar-refractivity contribution in [1.29, 1.82) is 0 Å². The molecule has 0 radical (unpaired) electrons. The standard InChI is InChI=1S/C14H18FNO2/c1-13(2)12(14(13,3)4)16-11(18)9-6-5-8(15)7-10(9)17/h5-7,12,17H,1-4H3,(H,16,18). The molecule has 2 N–H and O–H groups in total. The van der Waals surface area contributed by atoms with E-state index in [1.807, 2.05) is 0 Å². The molecule has 1 fully saturated rings. The first kappa shape index (κ1) is 12.9. The number of amides is 1. The van der Waals surface area contributed by atoms with E-state index in [0.717, 1.165) is 12.1 Å². The lowest BCUT2D eigenvalue weighted by Gasteiger charge is -2.08. The average Bonchev–Trinajstić information content (AvgIpc) is 2.60. The van der Waals surface area contributed by atoms with Crippen molar-refractivity contribution in [3.63, 3.8) is 0 Å². The number of phenolic OH excluding ortho intramolecular Hbond substituents is 1. The van der Waals surface area contributed by atoms with E-state index in [9.17, 15) is 14.3 Å². The maximum atomic E-state index is 12.8. The fraction of sp³-hybridized carbons (Fsp3) is 0.500. The van der Waals surface area contributed by atoms with Gasteiger partial charge in [0.05, 0.1) is 5.56 Å². The molecular weight excluding hydrogens is 233 g/mol. The molecule has 1 aliphatic rings. The molecule has 0 bridgehead atoms. The van der Waals surface area contributed by atoms with E-state index in [1.165, 1.54) is 6.07 Å². The van der Waals surface area contributed by atoms with Gasteiger partial charge in [-0.3, -0.25) is 4.79 Å². The van der Waals surface area contributed by atoms with Gasteiger partial charge in [-0.15, -0.1) is 0 Å². The van der Waals surface area contributed by atoms with E-state index in [4.69, 9.17) is 0 Å². The molecule has 2 rings (SSSR count). The Hall–Kier alpha value is -1.58. The first-order chi connectivity index (χ1) is 8.18. The molecule has 1 saturated carbocycles. The Bertz CT molecular complexity index is 495. The van der Waals surface area contributed by atoms with Crippen molar-refractivity contribution in [3.8, 4) is 5.75 Å². The van der Waals surface area contributed by atoms with Crippen LogP contribution in [0, 0.1) is 16.6 Å². The fourth-order valence-corrected chi connectivity index (χ4v) is 2.46. The predicted molar refractivity (Wildman–Crippen MR) is 66.9 cm³/mol. The zero-order chi connectivity index (χ0) is 13.7. The zero-order valence-electron chi connectivity index (χ0n) is 11.0. The van der Waals surface area contributed by atoms with Crippen LogP contribution in [0.25, 0.3) is 0 Å². The molecule has 0 aliphatic heterocycles. The number of hydrogen-bond donors (Lipinski definition) is 2. The van der Waals surface area contributed by atoms with Gasteiger partial charge in [0.1, 0.15) is 11.6 Å². The lowest BCUT2D eigenvalue weighted by molar-refractivity contribution is 0.0941. The monoisotopic (exact) mass is 251 g/mol. The summed E-state index contributed by atoms with van der Waals surface area (Å²) in [4.78, 5) is 12.0. The van der Waals surface area contributed by atoms with E-state index < -0.39 is 5.82 Å². The Labute approximate surface area is 106 Å². The van der Waals surface area contributed by atoms with Crippen LogP contribution in [0.3, 0.4) is 0 Å². The maximum absolute atomic E-state index is 12.8. The summed E-state index contributed by atoms with van der Waals surface area (Å²) in [6, 6.07) is 3.46. The van der Waals surface area contributed by atoms with Gasteiger partial charge in [-0.05, 0) is 23.0 Å². The van der Waals surface area contributed by atoms with Crippen molar-refractivity contribution >= 4 is 5.91 Å². The molecule has 0 spiro atoms. The number of aromatic hydroxyl groups is 1. The molecule has 0 unspecified atom stereocenters. The molecule has 1 aromatic rings. The van der Waals surface area contributed by atoms with Gasteiger partial charge in [-0.1, -0.05) is 27.7 Å². The van der Waals surface area contributed by atoms with Gasteiger partial charge in [-0.2, -0.15) is 0 Å². The lowest BCUT2D eigenvalue weighted by Crippen LogP contribution is -2.29. The normalized spacial score (nSPS) is 20.5. The van der Waals surface area contributed by atoms with Gasteiger partial charge in [0, 0.05) is 12.1 Å². The van der Waals surface area contributed by atoms with Crippen molar-refractivity contribution in [2.75, 3.05) is 0 Å². The van der Waals surface area contributed by atoms with Crippen LogP contribution in [0.15, 0.2) is 18.2 Å². The van der Waals surface area contributed by atoms with Crippen LogP contribution in [-0.2, 0) is 0 Å². The molecule has 4 heteroatoms. The lowest BCUT2D eigenvalue weighted by atomic mass is 10.0. The summed E-state index contributed by atoms with van der Waals surface area (Å²) in [7, 11) is 0. The van der Waals surface area contributed by atoms with E-state index in [0.29, 0.717) is 0 Å². The van der Waals surface area contributed by atoms with E-state index in [1.54, 1.807) is 0 Å². The second-order valence-corrected chi connectivity index (χ2v) is 6.01. The van der Waals surface area contributed by atoms with Gasteiger partial charge < -0.3 is 10.4 Å². The molecule has 1 amide bonds. The summed E-state index contributed by atoms with van der Waals surface area (Å²) in [6.45, 7) is 8.34. The number of carbonyl (C=O) groups excluding carboxylic acids is 1. The fourth-order valence-electron chi connectivity index (χ4n) is 2.46. The van der Waals surface area contributed by atoms with E-state index in [2.05, 4.69) is 33.0 Å². The van der Waals surface area contributed by atoms with Crippen LogP contribution >= 0.6 is 0 Å². The number of nitrogens with one attached hydrogen (secondary N) is 1. The molecular formula is C14H18FNO2. The summed E-state index contributed by atoms with van der Waals surface area (Å²) in [5.74, 6) is -1.25. The van der Waals surface area contributed by atoms with Crippen LogP contribution in [0.1, 0.15) is 38.1 Å². The molecule has 1 aromatic carbocycles. The summed E-state index contributed by atoms with van der Waals surface area (Å²) in [5.41, 5.74) is 0.159. The zero-order valence-corrected chi connectivity index (χ0v) is 11.0. The number of phenols is 1. The molecule has 0 aromatic heterocycles. The van der Waals surface area contributed by atoms with Crippen LogP contribution in [0.2, 0.25) is 0 Å². The minimum atomic E-state index is -0.559. The maximum Gasteiger partial charge on any atom is 0.255 e. The highest BCUT2D eigenvalue weighted by Crippen LogP contribution is 2.62. The van der Waals surface area contributed by atoms with Gasteiger partial charge in [0.2, 0.25) is 0 Å². The minimum absolute atomic E-state index is 0.0261. The smallest absolute Gasteiger partial charge is 0.255 e. The number of rotatable bonds is 2. The highest BCUT2D eigenvalue weighted by Gasteiger charge is 2.65. The third kappa shape index (κ3) is 1.76. The minimum Gasteiger partial charge on any atom is -0.507 e. The van der Waals surface area contributed by atoms with E-state index in [-0.39, 0.29) is 34.1 Å². The van der Waals surface area contributed by atoms with Crippen molar-refractivity contribution in [1.82, 2.24) is 5.32 Å². The molecule has 18 heavy (non-hydrogen) atoms. The van der Waals surface area contributed by atoms with Gasteiger partial charge in [-0.25, -0.2) is 4.39 Å². The first-order valence-electron chi connectivity index (χ1n) is 5.97. The number of hydrogen-bond acceptors (Lipinski definition) is 2. The van der Waals surface area contributed by atoms with Crippen LogP contribution in [0.4, 0.5) is 4.39 Å². The number of carbonyl (C=O) groups is 1. The summed E-state index contributed by atoms with van der Waals surface area (Å²) >= 11 is 0. The number of benzene rings is 1. The molecule has 1 aliphatic carbocycles. The molecule has 0 heterocycles. The van der Waals surface area contributed by atoms with E-state index >= 15 is 0 Å². The predicted octanol–water partition coefficient (Wildman–Crippen LogP) is 2.70. The second-order valence-electron chi connectivity index (χ2n) is 6.01. The Kier molecular flexibility index (Phi) is 2.65. The summed E-state index contributed by atoms with van der Waals surface area (Å²) in [5, 5.41) is 12.4. The largest absolute Gasteiger partial charge is 0.507 e. The van der Waals surface area contributed by atoms with Crippen LogP contribution in [0.5, 0.6) is 5.75 Å². The third-order valence-corrected chi connectivity index (χ3v) is 4.50. The van der Waals surface area contributed by atoms with Gasteiger partial charge in [0.25, 0.3) is 5.91 Å². The van der Waals surface area contributed by atoms with Crippen molar-refractivity contribution in [3.05, 3.63) is 29.6 Å². The topological polar surface area (TPSA) is 49.3 Å². The Morgan fingerprint density at radius 1 is 1.28 bits per heavy atom. The third-order valence-electron chi connectivity index (χ3n) is 4.50. The van der Waals surface area contributed by atoms with Gasteiger partial charge in [0.15, 0.2) is 0 Å². The SMILES string of the molecule is CC1(C)C(NC(=O)c2ccc(F)cc2O)C1(C)C. The molecule has 3 nitrogen and oxygen atoms in total. The Morgan fingerprint density at radius 2 is 1.83 bits per heavy atom. The second kappa shape index (κ2) is 3.70. The van der Waals surface area contributed by atoms with Crippen molar-refractivity contribution in [2.24, 2.45) is 10.8 Å². The molecule has 0 saturated heterocycles. The first-order valence-corrected chi connectivity index (χ1v) is 5.97. The van der Waals surface area contributed by atoms with Gasteiger partial charge >= 0.3 is 0 Å². The molecule has 98 valence electrons. The van der Waals surface area contributed by atoms with Crippen LogP contribution < -0.4 is 5.32 Å². The summed E-state index contributed by atoms with van der Waals surface area (Å²) in [6.07, 6.45) is 0. The Balaban J connectivity index is 2.15. The highest BCUT2D eigenvalue weighted by molar-refractivity contribution is 5.97. The molecule has 0 atom stereocenters. The van der Waals surface area contributed by atoms with Crippen molar-refractivity contribution in [2.45, 2.75) is 33.7 Å². The quantitative estimate of drug-likeness (QED) is 0.849. The van der Waals surface area contributed by atoms with Crippen molar-refractivity contribution < 1.29 is 14.3 Å². The highest BCUT2D eigenvalue weighted by atomic mass is 19.1. The summed E-state index contributed by atoms with van der Waals surface area (Å²) < 4.78 is 12.8. The Morgan fingerprint density at radius 3 is 2.28 bits per heavy atom. The number of halogens is 1.